The number of nitrogens with zero attached hydrogens (tertiary/aromatic N) is 1. The summed E-state index contributed by atoms with van der Waals surface area (Å²) in [5.74, 6) is 1.11. The summed E-state index contributed by atoms with van der Waals surface area (Å²) >= 11 is 0. The fraction of sp³-hybridized carbons (Fsp3) is 0.500. The van der Waals surface area contributed by atoms with Gasteiger partial charge in [0, 0.05) is 37.3 Å². The molecule has 0 unspecified atom stereocenters. The molecule has 0 atom stereocenters. The summed E-state index contributed by atoms with van der Waals surface area (Å²) in [5, 5.41) is 8.81. The number of hydrogen-bond donors (Lipinski definition) is 2. The third-order valence-corrected chi connectivity index (χ3v) is 3.05. The van der Waals surface area contributed by atoms with Crippen LogP contribution in [-0.4, -0.2) is 50.3 Å². The minimum Gasteiger partial charge on any atom is -0.493 e. The van der Waals surface area contributed by atoms with Gasteiger partial charge in [-0.1, -0.05) is 0 Å². The number of rotatable bonds is 7. The van der Waals surface area contributed by atoms with E-state index in [-0.39, 0.29) is 12.5 Å². The van der Waals surface area contributed by atoms with Crippen LogP contribution in [0.25, 0.3) is 0 Å². The Bertz CT molecular complexity index is 463. The van der Waals surface area contributed by atoms with Crippen molar-refractivity contribution in [3.8, 4) is 11.5 Å². The van der Waals surface area contributed by atoms with Crippen LogP contribution in [0.1, 0.15) is 12.0 Å². The number of carbonyl (C=O) groups is 1. The molecule has 112 valence electrons. The van der Waals surface area contributed by atoms with Crippen molar-refractivity contribution in [2.75, 3.05) is 40.2 Å². The zero-order valence-electron chi connectivity index (χ0n) is 12.2. The number of nitrogens with two attached hydrogens (primary N) is 1. The zero-order valence-corrected chi connectivity index (χ0v) is 12.2. The Morgan fingerprint density at radius 2 is 2.05 bits per heavy atom. The Morgan fingerprint density at radius 1 is 1.35 bits per heavy atom. The van der Waals surface area contributed by atoms with Crippen molar-refractivity contribution in [1.82, 2.24) is 4.90 Å². The lowest BCUT2D eigenvalue weighted by molar-refractivity contribution is -0.130. The predicted octanol–water partition coefficient (Wildman–Crippen LogP) is 0.669. The number of carbonyl (C=O) groups excluding carboxylic acids is 1. The molecular weight excluding hydrogens is 260 g/mol. The number of benzene rings is 1. The molecule has 20 heavy (non-hydrogen) atoms. The minimum atomic E-state index is -0.0440. The number of ether oxygens (including phenoxy) is 2. The van der Waals surface area contributed by atoms with E-state index in [0.29, 0.717) is 36.6 Å². The molecule has 1 aromatic carbocycles. The summed E-state index contributed by atoms with van der Waals surface area (Å²) in [6, 6.07) is 3.46. The molecule has 0 radical (unpaired) electrons. The van der Waals surface area contributed by atoms with Crippen molar-refractivity contribution < 1.29 is 19.4 Å². The van der Waals surface area contributed by atoms with Crippen LogP contribution in [0.5, 0.6) is 11.5 Å². The molecule has 0 saturated carbocycles. The molecule has 0 heterocycles. The highest BCUT2D eigenvalue weighted by Crippen LogP contribution is 2.34. The van der Waals surface area contributed by atoms with Gasteiger partial charge in [-0.2, -0.15) is 0 Å². The number of amides is 1. The monoisotopic (exact) mass is 282 g/mol. The smallest absolute Gasteiger partial charge is 0.222 e. The number of likely N-dealkylation sites (N-methyl/N-ethyl adjacent to an activating group) is 1. The van der Waals surface area contributed by atoms with Crippen molar-refractivity contribution in [2.45, 2.75) is 12.8 Å². The third kappa shape index (κ3) is 4.03. The van der Waals surface area contributed by atoms with E-state index in [9.17, 15) is 4.79 Å². The van der Waals surface area contributed by atoms with Gasteiger partial charge in [0.2, 0.25) is 5.91 Å². The van der Waals surface area contributed by atoms with Crippen molar-refractivity contribution in [2.24, 2.45) is 0 Å². The molecule has 3 N–H and O–H groups in total. The first-order valence-electron chi connectivity index (χ1n) is 6.38. The first-order chi connectivity index (χ1) is 9.53. The van der Waals surface area contributed by atoms with Gasteiger partial charge < -0.3 is 25.2 Å². The van der Waals surface area contributed by atoms with E-state index in [1.54, 1.807) is 33.4 Å². The Labute approximate surface area is 119 Å². The normalized spacial score (nSPS) is 10.2. The maximum absolute atomic E-state index is 11.9. The molecule has 0 saturated heterocycles. The lowest BCUT2D eigenvalue weighted by Gasteiger charge is -2.17. The molecule has 0 aliphatic carbocycles. The highest BCUT2D eigenvalue weighted by Gasteiger charge is 2.14. The van der Waals surface area contributed by atoms with Gasteiger partial charge in [-0.25, -0.2) is 0 Å². The second kappa shape index (κ2) is 7.59. The van der Waals surface area contributed by atoms with Gasteiger partial charge in [-0.3, -0.25) is 4.79 Å². The maximum Gasteiger partial charge on any atom is 0.222 e. The Morgan fingerprint density at radius 3 is 2.60 bits per heavy atom. The molecule has 6 nitrogen and oxygen atoms in total. The fourth-order valence-corrected chi connectivity index (χ4v) is 1.96. The van der Waals surface area contributed by atoms with Crippen molar-refractivity contribution in [3.63, 3.8) is 0 Å². The van der Waals surface area contributed by atoms with Crippen LogP contribution in [-0.2, 0) is 11.2 Å². The molecule has 0 aliphatic rings. The number of aryl methyl sites for hydroxylation is 1. The van der Waals surface area contributed by atoms with Gasteiger partial charge in [0.1, 0.15) is 0 Å². The Balaban J connectivity index is 2.82. The summed E-state index contributed by atoms with van der Waals surface area (Å²) in [6.45, 7) is 0.286. The fourth-order valence-electron chi connectivity index (χ4n) is 1.96. The summed E-state index contributed by atoms with van der Waals surface area (Å²) in [6.07, 6.45) is 0.818. The average molecular weight is 282 g/mol. The molecule has 0 fully saturated rings. The number of hydrogen-bond acceptors (Lipinski definition) is 5. The van der Waals surface area contributed by atoms with Crippen LogP contribution < -0.4 is 15.2 Å². The molecular formula is C14H22N2O4. The number of nitrogen functional groups attached to an aromatic ring is 1. The van der Waals surface area contributed by atoms with E-state index in [1.165, 1.54) is 4.90 Å². The lowest BCUT2D eigenvalue weighted by Crippen LogP contribution is -2.29. The van der Waals surface area contributed by atoms with E-state index in [2.05, 4.69) is 0 Å². The van der Waals surface area contributed by atoms with Crippen molar-refractivity contribution in [3.05, 3.63) is 17.7 Å². The van der Waals surface area contributed by atoms with Crippen LogP contribution in [0, 0.1) is 0 Å². The van der Waals surface area contributed by atoms with Gasteiger partial charge in [-0.15, -0.1) is 0 Å². The lowest BCUT2D eigenvalue weighted by atomic mass is 10.1. The van der Waals surface area contributed by atoms with E-state index in [1.807, 2.05) is 0 Å². The number of methoxy groups -OCH3 is 2. The van der Waals surface area contributed by atoms with Gasteiger partial charge in [0.05, 0.1) is 20.8 Å². The van der Waals surface area contributed by atoms with Crippen LogP contribution in [0.3, 0.4) is 0 Å². The van der Waals surface area contributed by atoms with E-state index >= 15 is 0 Å². The van der Waals surface area contributed by atoms with Crippen LogP contribution in [0.2, 0.25) is 0 Å². The van der Waals surface area contributed by atoms with Crippen LogP contribution >= 0.6 is 0 Å². The molecule has 6 heteroatoms. The second-order valence-electron chi connectivity index (χ2n) is 4.45. The predicted molar refractivity (Wildman–Crippen MR) is 77.0 cm³/mol. The molecule has 0 bridgehead atoms. The van der Waals surface area contributed by atoms with E-state index < -0.39 is 0 Å². The maximum atomic E-state index is 11.9. The Kier molecular flexibility index (Phi) is 6.11. The number of anilines is 1. The topological polar surface area (TPSA) is 85.0 Å². The largest absolute Gasteiger partial charge is 0.493 e. The second-order valence-corrected chi connectivity index (χ2v) is 4.45. The van der Waals surface area contributed by atoms with Crippen molar-refractivity contribution in [1.29, 1.82) is 0 Å². The van der Waals surface area contributed by atoms with E-state index in [4.69, 9.17) is 20.3 Å². The van der Waals surface area contributed by atoms with E-state index in [0.717, 1.165) is 5.56 Å². The molecule has 1 aromatic rings. The third-order valence-electron chi connectivity index (χ3n) is 3.05. The first kappa shape index (κ1) is 16.1. The van der Waals surface area contributed by atoms with Gasteiger partial charge in [-0.05, 0) is 12.5 Å². The molecule has 1 amide bonds. The Hall–Kier alpha value is -1.95. The summed E-state index contributed by atoms with van der Waals surface area (Å²) in [7, 11) is 4.76. The van der Waals surface area contributed by atoms with Crippen LogP contribution in [0.15, 0.2) is 12.1 Å². The quantitative estimate of drug-likeness (QED) is 0.718. The van der Waals surface area contributed by atoms with Gasteiger partial charge in [0.15, 0.2) is 11.5 Å². The zero-order chi connectivity index (χ0) is 15.1. The summed E-state index contributed by atoms with van der Waals surface area (Å²) in [4.78, 5) is 13.4. The molecule has 1 rings (SSSR count). The standard InChI is InChI=1S/C14H22N2O4/c1-16(6-7-17)13(18)5-4-10-8-11(15)9-12(19-2)14(10)20-3/h8-9,17H,4-7,15H2,1-3H3. The SMILES string of the molecule is COc1cc(N)cc(CCC(=O)N(C)CCO)c1OC. The van der Waals surface area contributed by atoms with Crippen LogP contribution in [0.4, 0.5) is 5.69 Å². The first-order valence-corrected chi connectivity index (χ1v) is 6.38. The van der Waals surface area contributed by atoms with Gasteiger partial charge in [0.25, 0.3) is 0 Å². The highest BCUT2D eigenvalue weighted by molar-refractivity contribution is 5.76. The van der Waals surface area contributed by atoms with Gasteiger partial charge >= 0.3 is 0 Å². The molecule has 0 spiro atoms. The number of aliphatic hydroxyl groups is 1. The summed E-state index contributed by atoms with van der Waals surface area (Å²) < 4.78 is 10.5. The molecule has 0 aromatic heterocycles. The highest BCUT2D eigenvalue weighted by atomic mass is 16.5. The number of aliphatic hydroxyl groups excluding tert-OH is 1. The summed E-state index contributed by atoms with van der Waals surface area (Å²) in [5.41, 5.74) is 7.20. The minimum absolute atomic E-state index is 0.0394. The van der Waals surface area contributed by atoms with Crippen molar-refractivity contribution >= 4 is 11.6 Å². The molecule has 0 aliphatic heterocycles. The average Bonchev–Trinajstić information content (AvgIpc) is 2.44.